The van der Waals surface area contributed by atoms with Crippen LogP contribution in [0.5, 0.6) is 0 Å². The van der Waals surface area contributed by atoms with Crippen molar-refractivity contribution >= 4 is 31.8 Å². The van der Waals surface area contributed by atoms with Crippen LogP contribution in [0.1, 0.15) is 0 Å². The van der Waals surface area contributed by atoms with Crippen molar-refractivity contribution in [3.63, 3.8) is 0 Å². The number of rotatable bonds is 2. The Morgan fingerprint density at radius 1 is 1.33 bits per heavy atom. The zero-order valence-corrected chi connectivity index (χ0v) is 8.03. The summed E-state index contributed by atoms with van der Waals surface area (Å²) in [6.07, 6.45) is 0. The quantitative estimate of drug-likeness (QED) is 0.688. The van der Waals surface area contributed by atoms with Crippen LogP contribution < -0.4 is 15.4 Å². The molecule has 0 fully saturated rings. The second-order valence-corrected chi connectivity index (χ2v) is 3.59. The summed E-state index contributed by atoms with van der Waals surface area (Å²) in [5.74, 6) is 0. The number of carbonyl (C=O) groups is 1. The van der Waals surface area contributed by atoms with Crippen molar-refractivity contribution < 1.29 is 8.53 Å². The summed E-state index contributed by atoms with van der Waals surface area (Å²) < 4.78 is 11.2. The van der Waals surface area contributed by atoms with Gasteiger partial charge >= 0.3 is 75.6 Å². The summed E-state index contributed by atoms with van der Waals surface area (Å²) in [6.45, 7) is 0. The van der Waals surface area contributed by atoms with E-state index >= 15 is 0 Å². The van der Waals surface area contributed by atoms with Gasteiger partial charge in [-0.25, -0.2) is 0 Å². The SMILES string of the molecule is NC(=O)Nc1ccc([As]=O)cc1. The molecule has 3 N–H and O–H groups in total. The molecule has 2 amide bonds. The molecule has 0 radical (unpaired) electrons. The second kappa shape index (κ2) is 4.02. The number of amides is 2. The molecule has 0 spiro atoms. The van der Waals surface area contributed by atoms with Gasteiger partial charge in [-0.1, -0.05) is 0 Å². The van der Waals surface area contributed by atoms with Gasteiger partial charge < -0.3 is 0 Å². The molecule has 12 heavy (non-hydrogen) atoms. The Morgan fingerprint density at radius 3 is 2.33 bits per heavy atom. The van der Waals surface area contributed by atoms with Crippen LogP contribution in [0.15, 0.2) is 24.3 Å². The van der Waals surface area contributed by atoms with Gasteiger partial charge in [-0.2, -0.15) is 0 Å². The third-order valence-electron chi connectivity index (χ3n) is 1.24. The Balaban J connectivity index is 2.77. The number of nitrogens with one attached hydrogen (secondary N) is 1. The molecule has 0 heterocycles. The van der Waals surface area contributed by atoms with Crippen molar-refractivity contribution in [3.8, 4) is 0 Å². The van der Waals surface area contributed by atoms with Gasteiger partial charge in [0.05, 0.1) is 0 Å². The van der Waals surface area contributed by atoms with Crippen molar-refractivity contribution in [2.45, 2.75) is 0 Å². The first-order valence-corrected chi connectivity index (χ1v) is 4.92. The average Bonchev–Trinajstić information content (AvgIpc) is 2.05. The van der Waals surface area contributed by atoms with E-state index in [1.807, 2.05) is 0 Å². The Hall–Kier alpha value is -1.15. The summed E-state index contributed by atoms with van der Waals surface area (Å²) in [5.41, 5.74) is 5.50. The number of urea groups is 1. The molecule has 0 aliphatic carbocycles. The molecule has 0 unspecified atom stereocenters. The monoisotopic (exact) mass is 226 g/mol. The normalized spacial score (nSPS) is 9.67. The Morgan fingerprint density at radius 2 is 1.92 bits per heavy atom. The Bertz CT molecular complexity index is 297. The molecule has 4 nitrogen and oxygen atoms in total. The fraction of sp³-hybridized carbons (Fsp3) is 0. The van der Waals surface area contributed by atoms with Crippen molar-refractivity contribution in [3.05, 3.63) is 24.3 Å². The van der Waals surface area contributed by atoms with Crippen LogP contribution in [-0.2, 0) is 3.74 Å². The molecule has 0 bridgehead atoms. The zero-order valence-electron chi connectivity index (χ0n) is 6.15. The van der Waals surface area contributed by atoms with Crippen molar-refractivity contribution in [1.82, 2.24) is 0 Å². The fourth-order valence-electron chi connectivity index (χ4n) is 0.748. The van der Waals surface area contributed by atoms with E-state index in [0.717, 1.165) is 4.35 Å². The van der Waals surface area contributed by atoms with E-state index in [2.05, 4.69) is 5.32 Å². The maximum absolute atomic E-state index is 10.4. The molecule has 0 saturated heterocycles. The van der Waals surface area contributed by atoms with Crippen LogP contribution in [0.4, 0.5) is 10.5 Å². The number of benzene rings is 1. The van der Waals surface area contributed by atoms with E-state index in [0.29, 0.717) is 5.69 Å². The molecule has 0 aliphatic heterocycles. The van der Waals surface area contributed by atoms with Gasteiger partial charge in [0.15, 0.2) is 0 Å². The van der Waals surface area contributed by atoms with E-state index in [-0.39, 0.29) is 0 Å². The van der Waals surface area contributed by atoms with Crippen molar-refractivity contribution in [2.24, 2.45) is 5.73 Å². The van der Waals surface area contributed by atoms with Gasteiger partial charge in [0.1, 0.15) is 0 Å². The summed E-state index contributed by atoms with van der Waals surface area (Å²) in [6, 6.07) is 6.11. The van der Waals surface area contributed by atoms with Crippen LogP contribution in [0.2, 0.25) is 0 Å². The molecular formula is C7H7AsN2O2. The number of hydrogen-bond acceptors (Lipinski definition) is 2. The number of primary amides is 1. The molecule has 1 rings (SSSR count). The molecule has 62 valence electrons. The molecule has 5 heteroatoms. The molecular weight excluding hydrogens is 219 g/mol. The summed E-state index contributed by atoms with van der Waals surface area (Å²) >= 11 is -0.991. The van der Waals surface area contributed by atoms with E-state index in [4.69, 9.17) is 5.73 Å². The first-order chi connectivity index (χ1) is 5.72. The summed E-state index contributed by atoms with van der Waals surface area (Å²) in [5, 5.41) is 2.40. The Kier molecular flexibility index (Phi) is 3.00. The van der Waals surface area contributed by atoms with Crippen molar-refractivity contribution in [2.75, 3.05) is 5.32 Å². The topological polar surface area (TPSA) is 72.2 Å². The number of anilines is 1. The average molecular weight is 226 g/mol. The predicted octanol–water partition coefficient (Wildman–Crippen LogP) is -0.148. The van der Waals surface area contributed by atoms with Crippen LogP contribution in [-0.4, -0.2) is 21.7 Å². The third kappa shape index (κ3) is 2.47. The first-order valence-electron chi connectivity index (χ1n) is 3.22. The summed E-state index contributed by atoms with van der Waals surface area (Å²) in [4.78, 5) is 10.4. The third-order valence-corrected chi connectivity index (χ3v) is 2.31. The van der Waals surface area contributed by atoms with E-state index in [1.165, 1.54) is 0 Å². The van der Waals surface area contributed by atoms with Gasteiger partial charge in [-0.05, 0) is 0 Å². The molecule has 0 atom stereocenters. The maximum atomic E-state index is 10.4. The molecule has 1 aromatic rings. The van der Waals surface area contributed by atoms with E-state index < -0.39 is 21.7 Å². The van der Waals surface area contributed by atoms with Gasteiger partial charge in [-0.3, -0.25) is 0 Å². The van der Waals surface area contributed by atoms with Crippen LogP contribution in [0.3, 0.4) is 0 Å². The number of nitrogens with two attached hydrogens (primary N) is 1. The van der Waals surface area contributed by atoms with Gasteiger partial charge in [0.25, 0.3) is 0 Å². The van der Waals surface area contributed by atoms with E-state index in [9.17, 15) is 8.53 Å². The van der Waals surface area contributed by atoms with Crippen molar-refractivity contribution in [1.29, 1.82) is 0 Å². The number of hydrogen-bond donors (Lipinski definition) is 2. The fourth-order valence-corrected chi connectivity index (χ4v) is 1.32. The predicted molar refractivity (Wildman–Crippen MR) is 45.7 cm³/mol. The molecule has 0 aliphatic rings. The number of carbonyl (C=O) groups excluding carboxylic acids is 1. The molecule has 1 aromatic carbocycles. The van der Waals surface area contributed by atoms with E-state index in [1.54, 1.807) is 24.3 Å². The minimum absolute atomic E-state index is 0.599. The zero-order chi connectivity index (χ0) is 8.97. The van der Waals surface area contributed by atoms with Crippen LogP contribution in [0, 0.1) is 0 Å². The summed E-state index contributed by atoms with van der Waals surface area (Å²) in [7, 11) is 0. The van der Waals surface area contributed by atoms with Crippen LogP contribution >= 0.6 is 0 Å². The Labute approximate surface area is 76.1 Å². The second-order valence-electron chi connectivity index (χ2n) is 2.13. The van der Waals surface area contributed by atoms with Gasteiger partial charge in [-0.15, -0.1) is 0 Å². The minimum atomic E-state index is -0.991. The standard InChI is InChI=1S/C7H7AsN2O2/c9-7(11)10-6-3-1-5(8-12)2-4-6/h1-4H,(H3,9,10,11). The molecule has 0 aromatic heterocycles. The van der Waals surface area contributed by atoms with Gasteiger partial charge in [0, 0.05) is 0 Å². The van der Waals surface area contributed by atoms with Crippen LogP contribution in [0.25, 0.3) is 0 Å². The first kappa shape index (κ1) is 8.94. The molecule has 0 saturated carbocycles. The van der Waals surface area contributed by atoms with Gasteiger partial charge in [0.2, 0.25) is 0 Å².